The summed E-state index contributed by atoms with van der Waals surface area (Å²) < 4.78 is 7.47. The van der Waals surface area contributed by atoms with E-state index in [1.165, 1.54) is 0 Å². The third-order valence-electron chi connectivity index (χ3n) is 4.60. The Morgan fingerprint density at radius 2 is 1.83 bits per heavy atom. The van der Waals surface area contributed by atoms with E-state index in [4.69, 9.17) is 4.74 Å². The topological polar surface area (TPSA) is 69.0 Å². The van der Waals surface area contributed by atoms with Gasteiger partial charge in [0.25, 0.3) is 5.91 Å². The largest absolute Gasteiger partial charge is 0.494 e. The molecule has 0 fully saturated rings. The van der Waals surface area contributed by atoms with Crippen LogP contribution in [-0.4, -0.2) is 27.0 Å². The Morgan fingerprint density at radius 1 is 1.03 bits per heavy atom. The number of fused-ring (bicyclic) bond motifs is 1. The Bertz CT molecular complexity index is 1100. The molecule has 146 valence electrons. The van der Waals surface area contributed by atoms with Gasteiger partial charge in [0, 0.05) is 11.8 Å². The van der Waals surface area contributed by atoms with Crippen LogP contribution in [0.2, 0.25) is 0 Å². The highest BCUT2D eigenvalue weighted by Gasteiger charge is 2.14. The molecular weight excluding hydrogens is 364 g/mol. The zero-order valence-electron chi connectivity index (χ0n) is 16.2. The fourth-order valence-corrected chi connectivity index (χ4v) is 3.20. The van der Waals surface area contributed by atoms with E-state index < -0.39 is 0 Å². The van der Waals surface area contributed by atoms with Gasteiger partial charge >= 0.3 is 0 Å². The zero-order chi connectivity index (χ0) is 20.1. The number of aromatic nitrogens is 3. The summed E-state index contributed by atoms with van der Waals surface area (Å²) in [5.74, 6) is 1.36. The summed E-state index contributed by atoms with van der Waals surface area (Å²) >= 11 is 0. The van der Waals surface area contributed by atoms with Crippen LogP contribution in [0.1, 0.15) is 28.7 Å². The van der Waals surface area contributed by atoms with E-state index >= 15 is 0 Å². The number of imidazole rings is 1. The van der Waals surface area contributed by atoms with Crippen LogP contribution in [0.5, 0.6) is 5.75 Å². The Kier molecular flexibility index (Phi) is 5.52. The van der Waals surface area contributed by atoms with Crippen molar-refractivity contribution in [1.29, 1.82) is 0 Å². The minimum Gasteiger partial charge on any atom is -0.494 e. The third-order valence-corrected chi connectivity index (χ3v) is 4.60. The molecule has 29 heavy (non-hydrogen) atoms. The molecule has 2 heterocycles. The van der Waals surface area contributed by atoms with E-state index in [1.807, 2.05) is 41.8 Å². The second kappa shape index (κ2) is 8.56. The van der Waals surface area contributed by atoms with Crippen LogP contribution in [0.15, 0.2) is 72.9 Å². The van der Waals surface area contributed by atoms with Crippen LogP contribution in [0.25, 0.3) is 11.2 Å². The molecule has 1 N–H and O–H groups in total. The summed E-state index contributed by atoms with van der Waals surface area (Å²) in [7, 11) is 0. The summed E-state index contributed by atoms with van der Waals surface area (Å²) in [6.45, 7) is 3.48. The first kappa shape index (κ1) is 18.7. The van der Waals surface area contributed by atoms with Gasteiger partial charge in [-0.1, -0.05) is 30.3 Å². The van der Waals surface area contributed by atoms with Crippen molar-refractivity contribution < 1.29 is 9.53 Å². The molecule has 2 aromatic carbocycles. The number of nitrogens with zero attached hydrogens (tertiary/aromatic N) is 3. The summed E-state index contributed by atoms with van der Waals surface area (Å²) in [6.07, 6.45) is 1.76. The molecule has 0 aliphatic heterocycles. The van der Waals surface area contributed by atoms with Gasteiger partial charge in [-0.25, -0.2) is 9.97 Å². The van der Waals surface area contributed by atoms with Crippen molar-refractivity contribution in [1.82, 2.24) is 19.9 Å². The number of amides is 1. The number of benzene rings is 2. The van der Waals surface area contributed by atoms with Crippen molar-refractivity contribution >= 4 is 17.1 Å². The summed E-state index contributed by atoms with van der Waals surface area (Å²) in [4.78, 5) is 21.7. The number of carbonyl (C=O) groups is 1. The van der Waals surface area contributed by atoms with Crippen molar-refractivity contribution in [2.75, 3.05) is 6.61 Å². The van der Waals surface area contributed by atoms with Gasteiger partial charge < -0.3 is 14.6 Å². The lowest BCUT2D eigenvalue weighted by Gasteiger charge is -2.10. The molecule has 0 saturated heterocycles. The molecule has 0 spiro atoms. The van der Waals surface area contributed by atoms with Crippen molar-refractivity contribution in [2.45, 2.75) is 20.0 Å². The monoisotopic (exact) mass is 386 g/mol. The molecule has 6 nitrogen and oxygen atoms in total. The standard InChI is InChI=1S/C23H22N4O2/c1-2-29-19-12-10-18(11-13-19)23(28)25-15-21-26-20-9-6-14-24-22(20)27(21)16-17-7-4-3-5-8-17/h3-14H,2,15-16H2,1H3,(H,25,28). The van der Waals surface area contributed by atoms with E-state index in [2.05, 4.69) is 27.4 Å². The molecule has 0 unspecified atom stereocenters. The fraction of sp³-hybridized carbons (Fsp3) is 0.174. The molecule has 0 aliphatic rings. The molecular formula is C23H22N4O2. The Balaban J connectivity index is 1.54. The predicted molar refractivity (Wildman–Crippen MR) is 112 cm³/mol. The van der Waals surface area contributed by atoms with Crippen LogP contribution in [-0.2, 0) is 13.1 Å². The second-order valence-corrected chi connectivity index (χ2v) is 6.59. The minimum atomic E-state index is -0.153. The maximum absolute atomic E-state index is 12.6. The Hall–Kier alpha value is -3.67. The average molecular weight is 386 g/mol. The summed E-state index contributed by atoms with van der Waals surface area (Å²) in [6, 6.07) is 21.1. The Labute approximate surface area is 169 Å². The molecule has 0 atom stereocenters. The lowest BCUT2D eigenvalue weighted by molar-refractivity contribution is 0.0949. The maximum atomic E-state index is 12.6. The summed E-state index contributed by atoms with van der Waals surface area (Å²) in [5.41, 5.74) is 3.35. The van der Waals surface area contributed by atoms with Crippen molar-refractivity contribution in [3.63, 3.8) is 0 Å². The van der Waals surface area contributed by atoms with Gasteiger partial charge in [-0.3, -0.25) is 4.79 Å². The highest BCUT2D eigenvalue weighted by Crippen LogP contribution is 2.17. The van der Waals surface area contributed by atoms with Crippen molar-refractivity contribution in [2.24, 2.45) is 0 Å². The zero-order valence-corrected chi connectivity index (χ0v) is 16.2. The van der Waals surface area contributed by atoms with Crippen molar-refractivity contribution in [3.05, 3.63) is 89.9 Å². The fourth-order valence-electron chi connectivity index (χ4n) is 3.20. The van der Waals surface area contributed by atoms with Gasteiger partial charge in [-0.15, -0.1) is 0 Å². The lowest BCUT2D eigenvalue weighted by Crippen LogP contribution is -2.25. The molecule has 2 aromatic heterocycles. The first-order valence-electron chi connectivity index (χ1n) is 9.59. The van der Waals surface area contributed by atoms with Crippen LogP contribution >= 0.6 is 0 Å². The number of hydrogen-bond acceptors (Lipinski definition) is 4. The van der Waals surface area contributed by atoms with Gasteiger partial charge in [0.05, 0.1) is 19.7 Å². The lowest BCUT2D eigenvalue weighted by atomic mass is 10.2. The highest BCUT2D eigenvalue weighted by atomic mass is 16.5. The molecule has 4 aromatic rings. The number of rotatable bonds is 7. The number of carbonyl (C=O) groups excluding carboxylic acids is 1. The van der Waals surface area contributed by atoms with E-state index in [1.54, 1.807) is 30.5 Å². The van der Waals surface area contributed by atoms with Gasteiger partial charge in [-0.05, 0) is 48.9 Å². The molecule has 1 amide bonds. The molecule has 0 bridgehead atoms. The first-order chi connectivity index (χ1) is 14.2. The molecule has 0 saturated carbocycles. The predicted octanol–water partition coefficient (Wildman–Crippen LogP) is 3.81. The van der Waals surface area contributed by atoms with E-state index in [0.717, 1.165) is 28.3 Å². The molecule has 4 rings (SSSR count). The normalized spacial score (nSPS) is 10.8. The second-order valence-electron chi connectivity index (χ2n) is 6.59. The number of nitrogens with one attached hydrogen (secondary N) is 1. The smallest absolute Gasteiger partial charge is 0.251 e. The van der Waals surface area contributed by atoms with Crippen LogP contribution in [0, 0.1) is 0 Å². The van der Waals surface area contributed by atoms with Crippen molar-refractivity contribution in [3.8, 4) is 5.75 Å². The van der Waals surface area contributed by atoms with Crippen LogP contribution in [0.4, 0.5) is 0 Å². The minimum absolute atomic E-state index is 0.153. The first-order valence-corrected chi connectivity index (χ1v) is 9.59. The average Bonchev–Trinajstić information content (AvgIpc) is 3.11. The quantitative estimate of drug-likeness (QED) is 0.524. The highest BCUT2D eigenvalue weighted by molar-refractivity contribution is 5.94. The third kappa shape index (κ3) is 4.27. The SMILES string of the molecule is CCOc1ccc(C(=O)NCc2nc3cccnc3n2Cc2ccccc2)cc1. The number of ether oxygens (including phenoxy) is 1. The van der Waals surface area contributed by atoms with Gasteiger partial charge in [-0.2, -0.15) is 0 Å². The van der Waals surface area contributed by atoms with E-state index in [-0.39, 0.29) is 5.91 Å². The molecule has 0 radical (unpaired) electrons. The van der Waals surface area contributed by atoms with Crippen LogP contribution in [0.3, 0.4) is 0 Å². The number of pyridine rings is 1. The van der Waals surface area contributed by atoms with Gasteiger partial charge in [0.15, 0.2) is 5.65 Å². The number of hydrogen-bond donors (Lipinski definition) is 1. The van der Waals surface area contributed by atoms with E-state index in [0.29, 0.717) is 25.3 Å². The van der Waals surface area contributed by atoms with Gasteiger partial charge in [0.2, 0.25) is 0 Å². The van der Waals surface area contributed by atoms with E-state index in [9.17, 15) is 4.79 Å². The van der Waals surface area contributed by atoms with Gasteiger partial charge in [0.1, 0.15) is 17.1 Å². The maximum Gasteiger partial charge on any atom is 0.251 e. The van der Waals surface area contributed by atoms with Crippen LogP contribution < -0.4 is 10.1 Å². The Morgan fingerprint density at radius 3 is 2.59 bits per heavy atom. The summed E-state index contributed by atoms with van der Waals surface area (Å²) in [5, 5.41) is 2.96. The molecule has 6 heteroatoms. The molecule has 0 aliphatic carbocycles.